The molecule has 17 heteroatoms. The van der Waals surface area contributed by atoms with E-state index >= 15 is 21.6 Å². The van der Waals surface area contributed by atoms with Crippen LogP contribution >= 0.6 is 0 Å². The molecular weight excluding hydrogens is 826 g/mol. The van der Waals surface area contributed by atoms with E-state index in [0.717, 1.165) is 23.2 Å². The third kappa shape index (κ3) is 11.6. The smallest absolute Gasteiger partial charge is 0.417 e. The first-order chi connectivity index (χ1) is 29.5. The number of carbonyl (C=O) groups excluding carboxylic acids is 1. The number of sulfonamides is 1. The Bertz CT molecular complexity index is 2330. The fourth-order valence-electron chi connectivity index (χ4n) is 7.62. The van der Waals surface area contributed by atoms with Crippen molar-refractivity contribution in [3.63, 3.8) is 0 Å². The molecule has 1 amide bonds. The number of alkyl carbamates (subject to hydrolysis) is 1. The zero-order valence-electron chi connectivity index (χ0n) is 35.7. The Hall–Kier alpha value is -5.68. The van der Waals surface area contributed by atoms with Gasteiger partial charge in [0, 0.05) is 24.7 Å². The van der Waals surface area contributed by atoms with Gasteiger partial charge in [-0.15, -0.1) is 5.10 Å². The predicted octanol–water partition coefficient (Wildman–Crippen LogP) is 8.84. The molecule has 0 aliphatic heterocycles. The largest absolute Gasteiger partial charge is 0.497 e. The van der Waals surface area contributed by atoms with Crippen molar-refractivity contribution in [2.24, 2.45) is 5.92 Å². The second-order valence-electron chi connectivity index (χ2n) is 16.4. The molecule has 1 saturated carbocycles. The topological polar surface area (TPSA) is 147 Å². The molecule has 0 radical (unpaired) electrons. The molecule has 6 rings (SSSR count). The predicted molar refractivity (Wildman–Crippen MR) is 226 cm³/mol. The number of methoxy groups -OCH3 is 3. The lowest BCUT2D eigenvalue weighted by Gasteiger charge is -2.30. The molecule has 0 spiro atoms. The number of alkyl halides is 3. The first-order valence-corrected chi connectivity index (χ1v) is 21.8. The quantitative estimate of drug-likeness (QED) is 0.102. The summed E-state index contributed by atoms with van der Waals surface area (Å²) < 4.78 is 101. The third-order valence-electron chi connectivity index (χ3n) is 10.8. The molecule has 0 bridgehead atoms. The van der Waals surface area contributed by atoms with Gasteiger partial charge in [0.05, 0.1) is 33.4 Å². The number of ether oxygens (including phenoxy) is 4. The van der Waals surface area contributed by atoms with Gasteiger partial charge >= 0.3 is 12.3 Å². The van der Waals surface area contributed by atoms with Crippen molar-refractivity contribution in [1.29, 1.82) is 0 Å². The van der Waals surface area contributed by atoms with Gasteiger partial charge in [0.1, 0.15) is 27.7 Å². The normalized spacial score (nSPS) is 15.9. The van der Waals surface area contributed by atoms with Crippen LogP contribution in [0.25, 0.3) is 11.4 Å². The number of halogens is 3. The van der Waals surface area contributed by atoms with Crippen LogP contribution in [0, 0.1) is 5.92 Å². The number of aromatic nitrogens is 4. The summed E-state index contributed by atoms with van der Waals surface area (Å²) in [4.78, 5) is 11.5. The Morgan fingerprint density at radius 2 is 1.29 bits per heavy atom. The summed E-state index contributed by atoms with van der Waals surface area (Å²) in [5.41, 5.74) is -0.0825. The van der Waals surface area contributed by atoms with Crippen LogP contribution < -0.4 is 19.5 Å². The third-order valence-corrected chi connectivity index (χ3v) is 12.7. The Labute approximate surface area is 360 Å². The van der Waals surface area contributed by atoms with Crippen LogP contribution in [0.2, 0.25) is 0 Å². The van der Waals surface area contributed by atoms with Gasteiger partial charge in [-0.05, 0) is 140 Å². The molecule has 5 aromatic rings. The minimum absolute atomic E-state index is 0.0254. The summed E-state index contributed by atoms with van der Waals surface area (Å²) in [6.07, 6.45) is -1.93. The van der Waals surface area contributed by atoms with Gasteiger partial charge < -0.3 is 24.3 Å². The molecule has 13 nitrogen and oxygen atoms in total. The standard InChI is InChI=1S/C45H53F3N6O7S/c1-44(2,3)61-43(55)49-35-18-8-30(9-19-35)7-16-34-17-26-39(45(46,47)48)41(40(34)42-50-51-52-54(42)29-33-14-24-38(60-6)25-15-33)62(56,57)53(27-31-10-20-36(58-4)21-11-31)28-32-12-22-37(59-5)23-13-32/h10-15,17,20-26,30,35H,7-9,16,18-19,27-29H2,1-6H3,(H,49,55). The minimum atomic E-state index is -5.09. The summed E-state index contributed by atoms with van der Waals surface area (Å²) in [6, 6.07) is 22.5. The van der Waals surface area contributed by atoms with Gasteiger partial charge in [0.25, 0.3) is 0 Å². The van der Waals surface area contributed by atoms with E-state index in [4.69, 9.17) is 18.9 Å². The van der Waals surface area contributed by atoms with E-state index in [1.807, 2.05) is 0 Å². The number of hydrogen-bond acceptors (Lipinski definition) is 10. The average molecular weight is 879 g/mol. The highest BCUT2D eigenvalue weighted by Crippen LogP contribution is 2.43. The number of aryl methyl sites for hydroxylation is 1. The summed E-state index contributed by atoms with van der Waals surface area (Å²) in [6.45, 7) is 4.89. The summed E-state index contributed by atoms with van der Waals surface area (Å²) >= 11 is 0. The average Bonchev–Trinajstić information content (AvgIpc) is 3.70. The maximum atomic E-state index is 15.4. The lowest BCUT2D eigenvalue weighted by molar-refractivity contribution is -0.139. The molecule has 332 valence electrons. The van der Waals surface area contributed by atoms with Crippen molar-refractivity contribution in [3.05, 3.63) is 113 Å². The minimum Gasteiger partial charge on any atom is -0.497 e. The number of nitrogens with one attached hydrogen (secondary N) is 1. The SMILES string of the molecule is COc1ccc(CN(Cc2ccc(OC)cc2)S(=O)(=O)c2c(C(F)(F)F)ccc(CCC3CCC(NC(=O)OC(C)(C)C)CC3)c2-c2nnnn2Cc2ccc(OC)cc2)cc1. The van der Waals surface area contributed by atoms with Crippen molar-refractivity contribution in [3.8, 4) is 28.6 Å². The molecule has 1 heterocycles. The van der Waals surface area contributed by atoms with Gasteiger partial charge in [0.15, 0.2) is 5.82 Å². The van der Waals surface area contributed by atoms with Crippen molar-refractivity contribution in [1.82, 2.24) is 29.8 Å². The summed E-state index contributed by atoms with van der Waals surface area (Å²) in [5, 5.41) is 15.2. The van der Waals surface area contributed by atoms with Crippen LogP contribution in [-0.2, 0) is 47.0 Å². The van der Waals surface area contributed by atoms with E-state index in [0.29, 0.717) is 58.8 Å². The van der Waals surface area contributed by atoms with E-state index in [1.54, 1.807) is 93.6 Å². The summed E-state index contributed by atoms with van der Waals surface area (Å²) in [5.74, 6) is 1.69. The van der Waals surface area contributed by atoms with E-state index in [1.165, 1.54) is 32.1 Å². The molecule has 0 unspecified atom stereocenters. The highest BCUT2D eigenvalue weighted by molar-refractivity contribution is 7.89. The number of rotatable bonds is 16. The highest BCUT2D eigenvalue weighted by atomic mass is 32.2. The van der Waals surface area contributed by atoms with Gasteiger partial charge in [-0.25, -0.2) is 17.9 Å². The maximum Gasteiger partial charge on any atom is 0.417 e. The van der Waals surface area contributed by atoms with Gasteiger partial charge in [-0.2, -0.15) is 17.5 Å². The van der Waals surface area contributed by atoms with Crippen LogP contribution in [0.4, 0.5) is 18.0 Å². The highest BCUT2D eigenvalue weighted by Gasteiger charge is 2.43. The molecule has 1 aliphatic rings. The number of amides is 1. The van der Waals surface area contributed by atoms with Crippen molar-refractivity contribution < 1.29 is 45.3 Å². The Morgan fingerprint density at radius 3 is 1.77 bits per heavy atom. The fourth-order valence-corrected chi connectivity index (χ4v) is 9.45. The van der Waals surface area contributed by atoms with Crippen LogP contribution in [0.5, 0.6) is 17.2 Å². The number of hydrogen-bond donors (Lipinski definition) is 1. The first-order valence-electron chi connectivity index (χ1n) is 20.4. The van der Waals surface area contributed by atoms with Crippen molar-refractivity contribution >= 4 is 16.1 Å². The Kier molecular flexibility index (Phi) is 14.5. The van der Waals surface area contributed by atoms with Crippen LogP contribution in [0.1, 0.15) is 80.7 Å². The fraction of sp³-hybridized carbons (Fsp3) is 0.422. The maximum absolute atomic E-state index is 15.4. The second kappa shape index (κ2) is 19.6. The second-order valence-corrected chi connectivity index (χ2v) is 18.2. The lowest BCUT2D eigenvalue weighted by atomic mass is 9.82. The van der Waals surface area contributed by atoms with Crippen molar-refractivity contribution in [2.45, 2.75) is 102 Å². The molecule has 0 atom stereocenters. The zero-order valence-corrected chi connectivity index (χ0v) is 36.6. The van der Waals surface area contributed by atoms with Gasteiger partial charge in [-0.3, -0.25) is 0 Å². The van der Waals surface area contributed by atoms with E-state index in [-0.39, 0.29) is 49.4 Å². The van der Waals surface area contributed by atoms with Crippen LogP contribution in [0.15, 0.2) is 89.8 Å². The molecule has 1 aliphatic carbocycles. The number of benzene rings is 4. The molecule has 4 aromatic carbocycles. The monoisotopic (exact) mass is 878 g/mol. The molecule has 0 saturated heterocycles. The van der Waals surface area contributed by atoms with E-state index < -0.39 is 38.4 Å². The molecule has 1 aromatic heterocycles. The Morgan fingerprint density at radius 1 is 0.774 bits per heavy atom. The number of tetrazole rings is 1. The first kappa shape index (κ1) is 45.8. The molecule has 1 N–H and O–H groups in total. The van der Waals surface area contributed by atoms with Gasteiger partial charge in [-0.1, -0.05) is 42.5 Å². The summed E-state index contributed by atoms with van der Waals surface area (Å²) in [7, 11) is -0.490. The van der Waals surface area contributed by atoms with Crippen LogP contribution in [0.3, 0.4) is 0 Å². The van der Waals surface area contributed by atoms with E-state index in [9.17, 15) is 4.79 Å². The van der Waals surface area contributed by atoms with Gasteiger partial charge in [0.2, 0.25) is 10.0 Å². The molecule has 62 heavy (non-hydrogen) atoms. The number of carbonyl (C=O) groups is 1. The van der Waals surface area contributed by atoms with E-state index in [2.05, 4.69) is 20.8 Å². The Balaban J connectivity index is 1.44. The molecule has 1 fully saturated rings. The van der Waals surface area contributed by atoms with Crippen molar-refractivity contribution in [2.75, 3.05) is 21.3 Å². The lowest BCUT2D eigenvalue weighted by Crippen LogP contribution is -2.40. The number of nitrogens with zero attached hydrogens (tertiary/aromatic N) is 5. The molecular formula is C45H53F3N6O7S. The van der Waals surface area contributed by atoms with Crippen LogP contribution in [-0.4, -0.2) is 72.0 Å². The zero-order chi connectivity index (χ0) is 44.7.